The number of anilines is 1. The predicted octanol–water partition coefficient (Wildman–Crippen LogP) is 4.05. The first kappa shape index (κ1) is 22.5. The van der Waals surface area contributed by atoms with Gasteiger partial charge in [0.2, 0.25) is 5.76 Å². The second-order valence-electron chi connectivity index (χ2n) is 8.22. The Morgan fingerprint density at radius 2 is 1.88 bits per heavy atom. The average Bonchev–Trinajstić information content (AvgIpc) is 3.53. The molecule has 1 aliphatic carbocycles. The van der Waals surface area contributed by atoms with Crippen molar-refractivity contribution in [3.05, 3.63) is 65.4 Å². The van der Waals surface area contributed by atoms with Crippen LogP contribution in [-0.2, 0) is 20.9 Å². The van der Waals surface area contributed by atoms with E-state index in [4.69, 9.17) is 13.9 Å². The van der Waals surface area contributed by atoms with Crippen LogP contribution in [0.1, 0.15) is 53.2 Å². The molecule has 0 spiro atoms. The van der Waals surface area contributed by atoms with E-state index in [9.17, 15) is 14.4 Å². The number of para-hydroxylation sites is 1. The zero-order valence-corrected chi connectivity index (χ0v) is 18.6. The Balaban J connectivity index is 1.38. The molecule has 0 bridgehead atoms. The topological polar surface area (TPSA) is 107 Å². The minimum Gasteiger partial charge on any atom is -0.450 e. The first-order valence-corrected chi connectivity index (χ1v) is 10.9. The second kappa shape index (κ2) is 9.87. The Bertz CT molecular complexity index is 1180. The number of esters is 1. The van der Waals surface area contributed by atoms with E-state index >= 15 is 0 Å². The monoisotopic (exact) mass is 450 g/mol. The molecule has 1 saturated carbocycles. The summed E-state index contributed by atoms with van der Waals surface area (Å²) in [6.45, 7) is 3.48. The number of nitrogens with one attached hydrogen (secondary N) is 2. The third-order valence-electron chi connectivity index (χ3n) is 5.10. The molecule has 4 rings (SSSR count). The van der Waals surface area contributed by atoms with Gasteiger partial charge >= 0.3 is 5.97 Å². The van der Waals surface area contributed by atoms with Gasteiger partial charge in [0, 0.05) is 28.2 Å². The fourth-order valence-corrected chi connectivity index (χ4v) is 3.29. The van der Waals surface area contributed by atoms with Crippen LogP contribution in [0.4, 0.5) is 5.69 Å². The van der Waals surface area contributed by atoms with Crippen molar-refractivity contribution in [3.8, 4) is 0 Å². The van der Waals surface area contributed by atoms with E-state index in [1.54, 1.807) is 36.4 Å². The molecule has 0 saturated heterocycles. The summed E-state index contributed by atoms with van der Waals surface area (Å²) < 4.78 is 16.6. The third kappa shape index (κ3) is 5.78. The lowest BCUT2D eigenvalue weighted by atomic mass is 10.1. The van der Waals surface area contributed by atoms with Crippen LogP contribution in [0.15, 0.2) is 52.9 Å². The highest BCUT2D eigenvalue weighted by Crippen LogP contribution is 2.27. The van der Waals surface area contributed by atoms with Crippen molar-refractivity contribution in [1.29, 1.82) is 0 Å². The van der Waals surface area contributed by atoms with Gasteiger partial charge in [0.15, 0.2) is 6.61 Å². The summed E-state index contributed by atoms with van der Waals surface area (Å²) in [5.41, 5.74) is 2.01. The largest absolute Gasteiger partial charge is 0.450 e. The Morgan fingerprint density at radius 1 is 1.09 bits per heavy atom. The van der Waals surface area contributed by atoms with Crippen molar-refractivity contribution in [2.45, 2.75) is 45.4 Å². The van der Waals surface area contributed by atoms with Crippen LogP contribution < -0.4 is 10.6 Å². The highest BCUT2D eigenvalue weighted by Gasteiger charge is 2.24. The van der Waals surface area contributed by atoms with E-state index in [2.05, 4.69) is 10.6 Å². The summed E-state index contributed by atoms with van der Waals surface area (Å²) >= 11 is 0. The fraction of sp³-hybridized carbons (Fsp3) is 0.320. The van der Waals surface area contributed by atoms with E-state index < -0.39 is 18.5 Å². The fourth-order valence-electron chi connectivity index (χ4n) is 3.29. The van der Waals surface area contributed by atoms with Crippen molar-refractivity contribution >= 4 is 34.4 Å². The molecule has 1 heterocycles. The molecule has 2 N–H and O–H groups in total. The van der Waals surface area contributed by atoms with Crippen LogP contribution in [0, 0.1) is 0 Å². The van der Waals surface area contributed by atoms with Gasteiger partial charge in [0.1, 0.15) is 5.58 Å². The molecule has 33 heavy (non-hydrogen) atoms. The van der Waals surface area contributed by atoms with E-state index in [1.165, 1.54) is 0 Å². The summed E-state index contributed by atoms with van der Waals surface area (Å²) in [5, 5.41) is 6.30. The molecular weight excluding hydrogens is 424 g/mol. The molecule has 1 aromatic heterocycles. The van der Waals surface area contributed by atoms with E-state index in [0.29, 0.717) is 22.4 Å². The maximum Gasteiger partial charge on any atom is 0.375 e. The number of ether oxygens (including phenoxy) is 2. The molecule has 8 nitrogen and oxygen atoms in total. The maximum atomic E-state index is 12.7. The third-order valence-corrected chi connectivity index (χ3v) is 5.10. The molecule has 0 radical (unpaired) electrons. The van der Waals surface area contributed by atoms with Crippen molar-refractivity contribution in [1.82, 2.24) is 5.32 Å². The predicted molar refractivity (Wildman–Crippen MR) is 122 cm³/mol. The number of amides is 2. The zero-order chi connectivity index (χ0) is 23.4. The minimum atomic E-state index is -0.749. The molecule has 1 fully saturated rings. The number of fused-ring (bicyclic) bond motifs is 1. The second-order valence-corrected chi connectivity index (χ2v) is 8.22. The lowest BCUT2D eigenvalue weighted by Gasteiger charge is -2.09. The van der Waals surface area contributed by atoms with Gasteiger partial charge < -0.3 is 24.5 Å². The van der Waals surface area contributed by atoms with Crippen LogP contribution in [0.25, 0.3) is 11.0 Å². The van der Waals surface area contributed by atoms with Crippen molar-refractivity contribution < 1.29 is 28.3 Å². The van der Waals surface area contributed by atoms with Crippen LogP contribution in [0.3, 0.4) is 0 Å². The van der Waals surface area contributed by atoms with Crippen molar-refractivity contribution in [3.63, 3.8) is 0 Å². The summed E-state index contributed by atoms with van der Waals surface area (Å²) in [7, 11) is 0. The number of carbonyl (C=O) groups is 3. The zero-order valence-electron chi connectivity index (χ0n) is 18.6. The van der Waals surface area contributed by atoms with Crippen LogP contribution in [0.5, 0.6) is 0 Å². The lowest BCUT2D eigenvalue weighted by molar-refractivity contribution is -0.119. The maximum absolute atomic E-state index is 12.7. The summed E-state index contributed by atoms with van der Waals surface area (Å²) in [6.07, 6.45) is 1.95. The number of furan rings is 1. The van der Waals surface area contributed by atoms with E-state index in [1.807, 2.05) is 26.0 Å². The molecule has 172 valence electrons. The quantitative estimate of drug-likeness (QED) is 0.477. The van der Waals surface area contributed by atoms with Gasteiger partial charge in [-0.1, -0.05) is 24.3 Å². The van der Waals surface area contributed by atoms with Crippen LogP contribution in [0.2, 0.25) is 0 Å². The molecule has 0 unspecified atom stereocenters. The van der Waals surface area contributed by atoms with Crippen molar-refractivity contribution in [2.24, 2.45) is 0 Å². The number of carbonyl (C=O) groups excluding carboxylic acids is 3. The normalized spacial score (nSPS) is 13.2. The average molecular weight is 450 g/mol. The first-order chi connectivity index (χ1) is 15.9. The highest BCUT2D eigenvalue weighted by molar-refractivity contribution is 5.99. The van der Waals surface area contributed by atoms with Crippen LogP contribution >= 0.6 is 0 Å². The SMILES string of the molecule is CC(C)OCc1c(C(=O)OCC(=O)Nc2cccc(C(=O)NC3CC3)c2)oc2ccccc12. The van der Waals surface area contributed by atoms with Gasteiger partial charge in [-0.3, -0.25) is 9.59 Å². The van der Waals surface area contributed by atoms with Gasteiger partial charge in [-0.2, -0.15) is 0 Å². The number of rotatable bonds is 9. The molecule has 0 atom stereocenters. The van der Waals surface area contributed by atoms with Crippen molar-refractivity contribution in [2.75, 3.05) is 11.9 Å². The first-order valence-electron chi connectivity index (χ1n) is 10.9. The van der Waals surface area contributed by atoms with Gasteiger partial charge in [-0.05, 0) is 51.0 Å². The van der Waals surface area contributed by atoms with E-state index in [-0.39, 0.29) is 30.4 Å². The van der Waals surface area contributed by atoms with E-state index in [0.717, 1.165) is 18.2 Å². The van der Waals surface area contributed by atoms with Crippen LogP contribution in [-0.4, -0.2) is 36.5 Å². The standard InChI is InChI=1S/C25H26N2O6/c1-15(2)31-13-20-19-8-3-4-9-21(19)33-23(20)25(30)32-14-22(28)26-18-7-5-6-16(12-18)24(29)27-17-10-11-17/h3-9,12,15,17H,10-11,13-14H2,1-2H3,(H,26,28)(H,27,29). The van der Waals surface area contributed by atoms with Gasteiger partial charge in [-0.15, -0.1) is 0 Å². The summed E-state index contributed by atoms with van der Waals surface area (Å²) in [6, 6.07) is 14.1. The lowest BCUT2D eigenvalue weighted by Crippen LogP contribution is -2.25. The summed E-state index contributed by atoms with van der Waals surface area (Å²) in [4.78, 5) is 37.2. The minimum absolute atomic E-state index is 0.0170. The smallest absolute Gasteiger partial charge is 0.375 e. The van der Waals surface area contributed by atoms with Gasteiger partial charge in [0.05, 0.1) is 12.7 Å². The highest BCUT2D eigenvalue weighted by atomic mass is 16.5. The molecule has 8 heteroatoms. The molecule has 1 aliphatic rings. The van der Waals surface area contributed by atoms with Gasteiger partial charge in [-0.25, -0.2) is 4.79 Å². The Kier molecular flexibility index (Phi) is 6.74. The number of hydrogen-bond donors (Lipinski definition) is 2. The summed E-state index contributed by atoms with van der Waals surface area (Å²) in [5.74, 6) is -1.44. The number of benzene rings is 2. The molecule has 3 aromatic rings. The number of hydrogen-bond acceptors (Lipinski definition) is 6. The molecule has 2 amide bonds. The van der Waals surface area contributed by atoms with Gasteiger partial charge in [0.25, 0.3) is 11.8 Å². The Morgan fingerprint density at radius 3 is 2.64 bits per heavy atom. The molecule has 0 aliphatic heterocycles. The molecule has 2 aromatic carbocycles. The Hall–Kier alpha value is -3.65. The Labute approximate surface area is 191 Å². The molecular formula is C25H26N2O6.